The number of hydrogen-bond donors (Lipinski definition) is 1. The van der Waals surface area contributed by atoms with Crippen molar-refractivity contribution in [2.24, 2.45) is 0 Å². The molecular weight excluding hydrogens is 285 g/mol. The monoisotopic (exact) mass is 295 g/mol. The highest BCUT2D eigenvalue weighted by Gasteiger charge is 2.13. The summed E-state index contributed by atoms with van der Waals surface area (Å²) in [4.78, 5) is 20.0. The minimum absolute atomic E-state index is 0.166. The third-order valence-corrected chi connectivity index (χ3v) is 2.98. The number of halogens is 2. The molecule has 0 radical (unpaired) electrons. The number of aromatic nitrogens is 2. The SMILES string of the molecule is Cc1cncc(C(=O)Nc2c(C)cc(Cl)nc2Cl)c1. The van der Waals surface area contributed by atoms with Gasteiger partial charge in [-0.05, 0) is 37.1 Å². The van der Waals surface area contributed by atoms with Gasteiger partial charge in [-0.25, -0.2) is 4.98 Å². The molecule has 0 aliphatic heterocycles. The number of rotatable bonds is 2. The Hall–Kier alpha value is -1.65. The second-order valence-corrected chi connectivity index (χ2v) is 4.88. The van der Waals surface area contributed by atoms with Crippen molar-refractivity contribution in [3.63, 3.8) is 0 Å². The molecule has 2 aromatic rings. The van der Waals surface area contributed by atoms with E-state index in [-0.39, 0.29) is 16.2 Å². The zero-order valence-electron chi connectivity index (χ0n) is 10.4. The summed E-state index contributed by atoms with van der Waals surface area (Å²) in [6, 6.07) is 3.38. The van der Waals surface area contributed by atoms with E-state index in [1.165, 1.54) is 6.20 Å². The van der Waals surface area contributed by atoms with Gasteiger partial charge < -0.3 is 5.32 Å². The van der Waals surface area contributed by atoms with E-state index in [0.29, 0.717) is 11.3 Å². The number of carbonyl (C=O) groups is 1. The molecule has 0 fully saturated rings. The average molecular weight is 296 g/mol. The van der Waals surface area contributed by atoms with Gasteiger partial charge in [0, 0.05) is 12.4 Å². The Labute approximate surface area is 120 Å². The number of carbonyl (C=O) groups excluding carboxylic acids is 1. The summed E-state index contributed by atoms with van der Waals surface area (Å²) < 4.78 is 0. The van der Waals surface area contributed by atoms with Gasteiger partial charge in [0.05, 0.1) is 11.3 Å². The minimum Gasteiger partial charge on any atom is -0.319 e. The molecule has 0 spiro atoms. The highest BCUT2D eigenvalue weighted by Crippen LogP contribution is 2.26. The first kappa shape index (κ1) is 13.8. The molecule has 2 rings (SSSR count). The second kappa shape index (κ2) is 5.55. The lowest BCUT2D eigenvalue weighted by Crippen LogP contribution is -2.14. The molecule has 1 amide bonds. The van der Waals surface area contributed by atoms with E-state index in [0.717, 1.165) is 11.1 Å². The fourth-order valence-electron chi connectivity index (χ4n) is 1.61. The molecule has 6 heteroatoms. The number of pyridine rings is 2. The lowest BCUT2D eigenvalue weighted by molar-refractivity contribution is 0.102. The van der Waals surface area contributed by atoms with Crippen LogP contribution in [0.2, 0.25) is 10.3 Å². The van der Waals surface area contributed by atoms with Gasteiger partial charge in [0.25, 0.3) is 5.91 Å². The van der Waals surface area contributed by atoms with Crippen molar-refractivity contribution in [3.05, 3.63) is 51.5 Å². The standard InChI is InChI=1S/C13H11Cl2N3O/c1-7-3-9(6-16-5-7)13(19)18-11-8(2)4-10(14)17-12(11)15/h3-6H,1-2H3,(H,18,19). The number of hydrogen-bond acceptors (Lipinski definition) is 3. The number of nitrogens with one attached hydrogen (secondary N) is 1. The highest BCUT2D eigenvalue weighted by atomic mass is 35.5. The van der Waals surface area contributed by atoms with E-state index < -0.39 is 0 Å². The molecule has 0 bridgehead atoms. The lowest BCUT2D eigenvalue weighted by atomic mass is 10.2. The summed E-state index contributed by atoms with van der Waals surface area (Å²) in [5.41, 5.74) is 2.58. The summed E-state index contributed by atoms with van der Waals surface area (Å²) in [6.07, 6.45) is 3.17. The number of anilines is 1. The van der Waals surface area contributed by atoms with Crippen molar-refractivity contribution < 1.29 is 4.79 Å². The zero-order valence-corrected chi connectivity index (χ0v) is 11.9. The summed E-state index contributed by atoms with van der Waals surface area (Å²) in [5, 5.41) is 3.17. The Balaban J connectivity index is 2.29. The van der Waals surface area contributed by atoms with Crippen LogP contribution in [-0.2, 0) is 0 Å². The van der Waals surface area contributed by atoms with Gasteiger partial charge in [-0.3, -0.25) is 9.78 Å². The molecule has 2 aromatic heterocycles. The van der Waals surface area contributed by atoms with E-state index in [9.17, 15) is 4.79 Å². The first-order valence-corrected chi connectivity index (χ1v) is 6.28. The van der Waals surface area contributed by atoms with Crippen molar-refractivity contribution in [3.8, 4) is 0 Å². The van der Waals surface area contributed by atoms with Crippen molar-refractivity contribution >= 4 is 34.8 Å². The van der Waals surface area contributed by atoms with Crippen LogP contribution in [0.3, 0.4) is 0 Å². The Morgan fingerprint density at radius 1 is 1.21 bits per heavy atom. The van der Waals surface area contributed by atoms with E-state index in [1.807, 2.05) is 6.92 Å². The summed E-state index contributed by atoms with van der Waals surface area (Å²) in [6.45, 7) is 3.66. The number of nitrogens with zero attached hydrogens (tertiary/aromatic N) is 2. The normalized spacial score (nSPS) is 10.3. The molecular formula is C13H11Cl2N3O. The van der Waals surface area contributed by atoms with E-state index in [1.54, 1.807) is 25.3 Å². The Kier molecular flexibility index (Phi) is 4.02. The van der Waals surface area contributed by atoms with Crippen LogP contribution in [0.25, 0.3) is 0 Å². The fourth-order valence-corrected chi connectivity index (χ4v) is 2.19. The Morgan fingerprint density at radius 3 is 2.58 bits per heavy atom. The molecule has 0 saturated heterocycles. The quantitative estimate of drug-likeness (QED) is 0.861. The molecule has 0 saturated carbocycles. The maximum absolute atomic E-state index is 12.1. The Morgan fingerprint density at radius 2 is 1.95 bits per heavy atom. The zero-order chi connectivity index (χ0) is 14.0. The van der Waals surface area contributed by atoms with E-state index in [2.05, 4.69) is 15.3 Å². The maximum Gasteiger partial charge on any atom is 0.257 e. The molecule has 0 atom stereocenters. The first-order chi connectivity index (χ1) is 8.97. The maximum atomic E-state index is 12.1. The Bertz CT molecular complexity index is 621. The van der Waals surface area contributed by atoms with Crippen LogP contribution in [0.1, 0.15) is 21.5 Å². The van der Waals surface area contributed by atoms with Crippen molar-refractivity contribution in [1.82, 2.24) is 9.97 Å². The molecule has 0 aliphatic carbocycles. The average Bonchev–Trinajstić information content (AvgIpc) is 2.33. The molecule has 0 aliphatic rings. The van der Waals surface area contributed by atoms with Crippen molar-refractivity contribution in [1.29, 1.82) is 0 Å². The second-order valence-electron chi connectivity index (χ2n) is 4.13. The summed E-state index contributed by atoms with van der Waals surface area (Å²) >= 11 is 11.8. The van der Waals surface area contributed by atoms with E-state index in [4.69, 9.17) is 23.2 Å². The smallest absolute Gasteiger partial charge is 0.257 e. The molecule has 2 heterocycles. The van der Waals surface area contributed by atoms with Gasteiger partial charge in [-0.1, -0.05) is 23.2 Å². The molecule has 98 valence electrons. The van der Waals surface area contributed by atoms with Crippen molar-refractivity contribution in [2.75, 3.05) is 5.32 Å². The largest absolute Gasteiger partial charge is 0.319 e. The van der Waals surface area contributed by atoms with Crippen LogP contribution in [-0.4, -0.2) is 15.9 Å². The summed E-state index contributed by atoms with van der Waals surface area (Å²) in [7, 11) is 0. The highest BCUT2D eigenvalue weighted by molar-refractivity contribution is 6.35. The predicted molar refractivity (Wildman–Crippen MR) is 75.9 cm³/mol. The van der Waals surface area contributed by atoms with Gasteiger partial charge in [0.2, 0.25) is 0 Å². The van der Waals surface area contributed by atoms with E-state index >= 15 is 0 Å². The van der Waals surface area contributed by atoms with Crippen molar-refractivity contribution in [2.45, 2.75) is 13.8 Å². The number of aryl methyl sites for hydroxylation is 2. The molecule has 1 N–H and O–H groups in total. The van der Waals surface area contributed by atoms with Crippen LogP contribution < -0.4 is 5.32 Å². The molecule has 4 nitrogen and oxygen atoms in total. The third kappa shape index (κ3) is 3.22. The van der Waals surface area contributed by atoms with Gasteiger partial charge >= 0.3 is 0 Å². The van der Waals surface area contributed by atoms with Crippen LogP contribution in [0.4, 0.5) is 5.69 Å². The first-order valence-electron chi connectivity index (χ1n) is 5.53. The van der Waals surface area contributed by atoms with Gasteiger partial charge in [0.1, 0.15) is 5.15 Å². The minimum atomic E-state index is -0.287. The van der Waals surface area contributed by atoms with Crippen LogP contribution in [0.15, 0.2) is 24.5 Å². The molecule has 19 heavy (non-hydrogen) atoms. The summed E-state index contributed by atoms with van der Waals surface area (Å²) in [5.74, 6) is -0.287. The van der Waals surface area contributed by atoms with Gasteiger partial charge in [0.15, 0.2) is 5.15 Å². The predicted octanol–water partition coefficient (Wildman–Crippen LogP) is 3.65. The third-order valence-electron chi connectivity index (χ3n) is 2.52. The van der Waals surface area contributed by atoms with Crippen LogP contribution >= 0.6 is 23.2 Å². The topological polar surface area (TPSA) is 54.9 Å². The van der Waals surface area contributed by atoms with Gasteiger partial charge in [-0.2, -0.15) is 0 Å². The molecule has 0 unspecified atom stereocenters. The molecule has 0 aromatic carbocycles. The van der Waals surface area contributed by atoms with Crippen LogP contribution in [0, 0.1) is 13.8 Å². The lowest BCUT2D eigenvalue weighted by Gasteiger charge is -2.10. The number of amides is 1. The fraction of sp³-hybridized carbons (Fsp3) is 0.154. The van der Waals surface area contributed by atoms with Gasteiger partial charge in [-0.15, -0.1) is 0 Å². The van der Waals surface area contributed by atoms with Crippen LogP contribution in [0.5, 0.6) is 0 Å².